The fourth-order valence-corrected chi connectivity index (χ4v) is 6.00. The van der Waals surface area contributed by atoms with E-state index >= 15 is 0 Å². The zero-order valence-electron chi connectivity index (χ0n) is 34.9. The number of carbonyl (C=O) groups excluding carboxylic acids is 4. The van der Waals surface area contributed by atoms with Crippen molar-refractivity contribution in [3.05, 3.63) is 0 Å². The van der Waals surface area contributed by atoms with Gasteiger partial charge in [0.25, 0.3) is 0 Å². The van der Waals surface area contributed by atoms with Gasteiger partial charge in [-0.1, -0.05) is 50.3 Å². The predicted molar refractivity (Wildman–Crippen MR) is 224 cm³/mol. The minimum atomic E-state index is -3.27. The molecule has 0 aliphatic carbocycles. The molecule has 1 atom stereocenters. The van der Waals surface area contributed by atoms with Gasteiger partial charge < -0.3 is 53.8 Å². The van der Waals surface area contributed by atoms with E-state index in [4.69, 9.17) is 64.0 Å². The predicted octanol–water partition coefficient (Wildman–Crippen LogP) is 2.42. The Morgan fingerprint density at radius 3 is 1.48 bits per heavy atom. The van der Waals surface area contributed by atoms with E-state index in [2.05, 4.69) is 33.7 Å². The normalized spacial score (nSPS) is 12.4. The number of ketones is 1. The first-order valence-corrected chi connectivity index (χ1v) is 22.4. The SMILES string of the molecule is C#CCOCCOCCCC(=O)CCC(CCC(=O)NCCOCCOCC#C)(CCC(=O)NCCOCCOCC#C)NC(=O)CCCCOP([O-])(=S)C(C)(C)C. The second kappa shape index (κ2) is 34.9. The minimum Gasteiger partial charge on any atom is -0.800 e. The summed E-state index contributed by atoms with van der Waals surface area (Å²) in [4.78, 5) is 65.3. The van der Waals surface area contributed by atoms with Crippen LogP contribution in [0.2, 0.25) is 0 Å². The van der Waals surface area contributed by atoms with Gasteiger partial charge in [0, 0.05) is 62.5 Å². The van der Waals surface area contributed by atoms with Crippen LogP contribution in [0.5, 0.6) is 0 Å². The Balaban J connectivity index is 5.67. The number of carbonyl (C=O) groups is 4. The van der Waals surface area contributed by atoms with E-state index in [1.54, 1.807) is 20.8 Å². The van der Waals surface area contributed by atoms with Gasteiger partial charge in [0.15, 0.2) is 0 Å². The smallest absolute Gasteiger partial charge is 0.220 e. The van der Waals surface area contributed by atoms with Gasteiger partial charge in [0.05, 0.1) is 59.5 Å². The lowest BCUT2D eigenvalue weighted by Crippen LogP contribution is -2.50. The number of hydrogen-bond donors (Lipinski definition) is 3. The van der Waals surface area contributed by atoms with Crippen LogP contribution in [-0.4, -0.2) is 133 Å². The first-order chi connectivity index (χ1) is 27.7. The maximum atomic E-state index is 13.5. The Bertz CT molecular complexity index is 1230. The number of terminal acetylenes is 3. The second-order valence-corrected chi connectivity index (χ2v) is 18.3. The molecule has 0 fully saturated rings. The average Bonchev–Trinajstić information content (AvgIpc) is 3.17. The van der Waals surface area contributed by atoms with Crippen molar-refractivity contribution < 1.29 is 57.0 Å². The molecule has 0 rings (SSSR count). The molecule has 0 radical (unpaired) electrons. The number of hydrogen-bond acceptors (Lipinski definition) is 13. The maximum Gasteiger partial charge on any atom is 0.220 e. The molecule has 3 N–H and O–H groups in total. The third-order valence-electron chi connectivity index (χ3n) is 8.38. The Morgan fingerprint density at radius 1 is 0.569 bits per heavy atom. The largest absolute Gasteiger partial charge is 0.800 e. The van der Waals surface area contributed by atoms with Gasteiger partial charge >= 0.3 is 0 Å². The molecule has 1 unspecified atom stereocenters. The molecule has 0 aromatic rings. The number of unbranched alkanes of at least 4 members (excludes halogenated alkanes) is 1. The van der Waals surface area contributed by atoms with E-state index in [0.717, 1.165) is 0 Å². The quantitative estimate of drug-likeness (QED) is 0.0467. The lowest BCUT2D eigenvalue weighted by Gasteiger charge is -2.40. The van der Waals surface area contributed by atoms with Crippen molar-refractivity contribution in [2.24, 2.45) is 0 Å². The monoisotopic (exact) mass is 856 g/mol. The Morgan fingerprint density at radius 2 is 1.02 bits per heavy atom. The lowest BCUT2D eigenvalue weighted by atomic mass is 9.82. The zero-order chi connectivity index (χ0) is 43.4. The summed E-state index contributed by atoms with van der Waals surface area (Å²) in [7, 11) is 0. The van der Waals surface area contributed by atoms with Gasteiger partial charge in [-0.3, -0.25) is 19.2 Å². The van der Waals surface area contributed by atoms with Crippen molar-refractivity contribution in [1.29, 1.82) is 0 Å². The molecule has 0 aliphatic rings. The highest BCUT2D eigenvalue weighted by Crippen LogP contribution is 2.51. The van der Waals surface area contributed by atoms with Crippen molar-refractivity contribution in [2.75, 3.05) is 99.0 Å². The molecule has 15 nitrogen and oxygen atoms in total. The fraction of sp³-hybridized carbons (Fsp3) is 0.756. The van der Waals surface area contributed by atoms with Gasteiger partial charge in [0.2, 0.25) is 17.7 Å². The summed E-state index contributed by atoms with van der Waals surface area (Å²) in [6, 6.07) is 0. The fourth-order valence-electron chi connectivity index (χ4n) is 5.02. The summed E-state index contributed by atoms with van der Waals surface area (Å²) in [6.45, 7) is 6.07. The van der Waals surface area contributed by atoms with Crippen molar-refractivity contribution >= 4 is 41.8 Å². The number of ether oxygens (including phenoxy) is 6. The molecule has 330 valence electrons. The van der Waals surface area contributed by atoms with E-state index in [1.165, 1.54) is 0 Å². The number of amides is 3. The summed E-state index contributed by atoms with van der Waals surface area (Å²) >= 11 is 5.19. The van der Waals surface area contributed by atoms with E-state index in [0.29, 0.717) is 65.5 Å². The standard InChI is InChI=1S/C41H68N3O12PS/c1-7-23-50-30-33-53-26-12-13-36(45)15-18-41(19-16-37(46)42-21-28-54-34-31-51-24-8-2,20-17-38(47)43-22-29-55-35-32-52-25-9-3)44-39(48)14-10-11-27-56-57(49,58)40(4,5)6/h1-3H,10-35H2,4-6H3,(H,42,46)(H,43,47)(H,44,48)(H,49,58)/p-1. The van der Waals surface area contributed by atoms with Crippen LogP contribution in [0.25, 0.3) is 0 Å². The van der Waals surface area contributed by atoms with Gasteiger partial charge in [-0.2, -0.15) is 0 Å². The molecular formula is C41H67N3O12PS-. The highest BCUT2D eigenvalue weighted by atomic mass is 32.5. The van der Waals surface area contributed by atoms with Crippen LogP contribution in [0.15, 0.2) is 0 Å². The zero-order valence-corrected chi connectivity index (χ0v) is 36.6. The van der Waals surface area contributed by atoms with E-state index in [-0.39, 0.29) is 128 Å². The van der Waals surface area contributed by atoms with E-state index in [1.807, 2.05) is 0 Å². The highest BCUT2D eigenvalue weighted by molar-refractivity contribution is 8.09. The third kappa shape index (κ3) is 31.1. The summed E-state index contributed by atoms with van der Waals surface area (Å²) < 4.78 is 37.5. The third-order valence-corrected chi connectivity index (χ3v) is 12.5. The molecule has 0 spiro atoms. The maximum absolute atomic E-state index is 13.5. The molecule has 0 aliphatic heterocycles. The number of Topliss-reactive ketones (excluding diaryl/α,β-unsaturated/α-hetero) is 1. The molecule has 58 heavy (non-hydrogen) atoms. The summed E-state index contributed by atoms with van der Waals surface area (Å²) in [5.74, 6) is 6.20. The number of rotatable bonds is 38. The molecule has 0 aromatic carbocycles. The van der Waals surface area contributed by atoms with E-state index < -0.39 is 17.2 Å². The molecule has 0 saturated heterocycles. The minimum absolute atomic E-state index is 0.0152. The Kier molecular flexibility index (Phi) is 33.2. The molecule has 3 amide bonds. The molecular weight excluding hydrogens is 790 g/mol. The van der Waals surface area contributed by atoms with Gasteiger partial charge in [-0.25, -0.2) is 0 Å². The Hall–Kier alpha value is -2.91. The van der Waals surface area contributed by atoms with Crippen molar-refractivity contribution in [1.82, 2.24) is 16.0 Å². The molecule has 0 aromatic heterocycles. The number of nitrogens with one attached hydrogen (secondary N) is 3. The summed E-state index contributed by atoms with van der Waals surface area (Å²) in [5, 5.41) is 8.05. The van der Waals surface area contributed by atoms with Crippen molar-refractivity contribution in [3.8, 4) is 37.0 Å². The van der Waals surface area contributed by atoms with Crippen LogP contribution in [0.1, 0.15) is 91.4 Å². The average molecular weight is 857 g/mol. The molecule has 17 heteroatoms. The topological polar surface area (TPSA) is 192 Å². The van der Waals surface area contributed by atoms with Gasteiger partial charge in [-0.15, -0.1) is 19.3 Å². The van der Waals surface area contributed by atoms with E-state index in [9.17, 15) is 24.1 Å². The van der Waals surface area contributed by atoms with Crippen LogP contribution in [0, 0.1) is 37.0 Å². The first kappa shape index (κ1) is 55.1. The summed E-state index contributed by atoms with van der Waals surface area (Å²) in [6.07, 6.45) is 17.9. The second-order valence-electron chi connectivity index (χ2n) is 14.2. The Labute approximate surface area is 352 Å². The van der Waals surface area contributed by atoms with Crippen LogP contribution < -0.4 is 20.8 Å². The van der Waals surface area contributed by atoms with Crippen LogP contribution in [0.4, 0.5) is 0 Å². The lowest BCUT2D eigenvalue weighted by molar-refractivity contribution is -0.187. The molecule has 0 saturated carbocycles. The summed E-state index contributed by atoms with van der Waals surface area (Å²) in [5.41, 5.74) is -1.07. The van der Waals surface area contributed by atoms with Gasteiger partial charge in [0.1, 0.15) is 25.6 Å². The molecule has 0 heterocycles. The van der Waals surface area contributed by atoms with Crippen molar-refractivity contribution in [2.45, 2.75) is 102 Å². The first-order valence-electron chi connectivity index (χ1n) is 19.8. The van der Waals surface area contributed by atoms with Crippen LogP contribution in [0.3, 0.4) is 0 Å². The highest BCUT2D eigenvalue weighted by Gasteiger charge is 2.33. The molecule has 0 bridgehead atoms. The van der Waals surface area contributed by atoms with Gasteiger partial charge in [-0.05, 0) is 45.0 Å². The van der Waals surface area contributed by atoms with Crippen molar-refractivity contribution in [3.63, 3.8) is 0 Å². The van der Waals surface area contributed by atoms with Crippen LogP contribution >= 0.6 is 6.49 Å². The van der Waals surface area contributed by atoms with Crippen LogP contribution in [-0.2, 0) is 63.9 Å².